The normalized spacial score (nSPS) is 27.9. The second-order valence-electron chi connectivity index (χ2n) is 17.7. The van der Waals surface area contributed by atoms with Crippen LogP contribution in [-0.4, -0.2) is 88.9 Å². The molecule has 0 aliphatic heterocycles. The molecule has 3 unspecified atom stereocenters. The molecule has 0 bridgehead atoms. The van der Waals surface area contributed by atoms with Gasteiger partial charge >= 0.3 is 0 Å². The van der Waals surface area contributed by atoms with Crippen molar-refractivity contribution in [3.05, 3.63) is 33.4 Å². The van der Waals surface area contributed by atoms with Gasteiger partial charge in [-0.2, -0.15) is 0 Å². The Morgan fingerprint density at radius 3 is 0.647 bits per heavy atom. The van der Waals surface area contributed by atoms with Crippen LogP contribution in [0.3, 0.4) is 0 Å². The fourth-order valence-corrected chi connectivity index (χ4v) is 11.7. The smallest absolute Gasteiger partial charge is 0.255 e. The van der Waals surface area contributed by atoms with E-state index in [1.807, 2.05) is 0 Å². The molecule has 0 heterocycles. The first-order valence-corrected chi connectivity index (χ1v) is 26.7. The third kappa shape index (κ3) is 4.97. The lowest BCUT2D eigenvalue weighted by Gasteiger charge is -2.70. The topological polar surface area (TPSA) is 111 Å². The van der Waals surface area contributed by atoms with Crippen LogP contribution >= 0.6 is 0 Å². The third-order valence-corrected chi connectivity index (χ3v) is 21.9. The van der Waals surface area contributed by atoms with Crippen LogP contribution in [0.4, 0.5) is 0 Å². The summed E-state index contributed by atoms with van der Waals surface area (Å²) in [5.74, 6) is -9.69. The molecule has 0 saturated carbocycles. The fraction of sp³-hybridized carbons (Fsp3) is 0.833. The molecule has 0 amide bonds. The van der Waals surface area contributed by atoms with Gasteiger partial charge < -0.3 is 55.9 Å². The first-order chi connectivity index (χ1) is 23.1. The highest BCUT2D eigenvalue weighted by atomic mass is 28.4. The van der Waals surface area contributed by atoms with Gasteiger partial charge in [0.15, 0.2) is 25.0 Å². The molecule has 1 aromatic carbocycles. The predicted octanol–water partition coefficient (Wildman–Crippen LogP) is 7.36. The van der Waals surface area contributed by atoms with Crippen molar-refractivity contribution in [2.45, 2.75) is 132 Å². The quantitative estimate of drug-likeness (QED) is 0.131. The van der Waals surface area contributed by atoms with Crippen LogP contribution in [0.25, 0.3) is 0 Å². The average molecular weight is 775 g/mol. The van der Waals surface area contributed by atoms with Gasteiger partial charge in [0, 0.05) is 97.4 Å². The molecule has 3 aliphatic rings. The summed E-state index contributed by atoms with van der Waals surface area (Å²) in [6.07, 6.45) is 0. The van der Waals surface area contributed by atoms with Crippen LogP contribution in [0.5, 0.6) is 0 Å². The molecule has 1 aromatic rings. The molecule has 15 heteroatoms. The van der Waals surface area contributed by atoms with Crippen molar-refractivity contribution in [2.75, 3.05) is 64.0 Å². The molecular formula is C36H66O12Si3. The van der Waals surface area contributed by atoms with Crippen molar-refractivity contribution < 1.29 is 55.9 Å². The van der Waals surface area contributed by atoms with E-state index in [0.717, 1.165) is 0 Å². The molecule has 0 spiro atoms. The number of ether oxygens (including phenoxy) is 9. The molecular weight excluding hydrogens is 709 g/mol. The summed E-state index contributed by atoms with van der Waals surface area (Å²) < 4.78 is 80.4. The number of hydrogen-bond acceptors (Lipinski definition) is 12. The van der Waals surface area contributed by atoms with Crippen LogP contribution in [-0.2, 0) is 90.6 Å². The minimum absolute atomic E-state index is 0.228. The molecule has 4 rings (SSSR count). The number of fused-ring (bicyclic) bond motifs is 6. The molecule has 3 atom stereocenters. The standard InChI is InChI=1S/C36H66O12Si3/c1-29(2,3)50(19,20)47-35(44-14)27-23-26(34(43-13,46-49(16,17)18)31(23,37-7)38-8)24-28(25(27)33(35,41-11)42-12)36(45-15,32(24,39-9)40-10)48-51(21,22)30(4,5)6/h1-22H3. The largest absolute Gasteiger partial charge is 0.383 e. The molecule has 0 saturated heterocycles. The number of hydrogen-bond donors (Lipinski definition) is 0. The van der Waals surface area contributed by atoms with Gasteiger partial charge in [-0.1, -0.05) is 41.5 Å². The van der Waals surface area contributed by atoms with Gasteiger partial charge in [-0.15, -0.1) is 0 Å². The fourth-order valence-electron chi connectivity index (χ4n) is 7.84. The van der Waals surface area contributed by atoms with Crippen molar-refractivity contribution in [3.8, 4) is 0 Å². The Balaban J connectivity index is 2.40. The second kappa shape index (κ2) is 12.7. The summed E-state index contributed by atoms with van der Waals surface area (Å²) in [4.78, 5) is 0. The lowest BCUT2D eigenvalue weighted by Crippen LogP contribution is -2.78. The second-order valence-corrected chi connectivity index (χ2v) is 31.6. The van der Waals surface area contributed by atoms with E-state index in [0.29, 0.717) is 33.4 Å². The van der Waals surface area contributed by atoms with E-state index in [-0.39, 0.29) is 10.1 Å². The lowest BCUT2D eigenvalue weighted by atomic mass is 9.52. The number of rotatable bonds is 15. The van der Waals surface area contributed by atoms with E-state index in [1.165, 1.54) is 0 Å². The number of methoxy groups -OCH3 is 9. The van der Waals surface area contributed by atoms with Crippen LogP contribution in [0, 0.1) is 0 Å². The Morgan fingerprint density at radius 2 is 0.490 bits per heavy atom. The van der Waals surface area contributed by atoms with Crippen molar-refractivity contribution in [2.24, 2.45) is 0 Å². The maximum atomic E-state index is 7.38. The van der Waals surface area contributed by atoms with Gasteiger partial charge in [-0.05, 0) is 55.9 Å². The Labute approximate surface area is 309 Å². The minimum atomic E-state index is -2.68. The van der Waals surface area contributed by atoms with E-state index >= 15 is 0 Å². The molecule has 294 valence electrons. The van der Waals surface area contributed by atoms with E-state index < -0.39 is 59.7 Å². The highest BCUT2D eigenvalue weighted by molar-refractivity contribution is 6.74. The van der Waals surface area contributed by atoms with Crippen molar-refractivity contribution in [3.63, 3.8) is 0 Å². The average Bonchev–Trinajstić information content (AvgIpc) is 3.01. The van der Waals surface area contributed by atoms with Crippen LogP contribution in [0.15, 0.2) is 0 Å². The van der Waals surface area contributed by atoms with Crippen molar-refractivity contribution in [1.82, 2.24) is 0 Å². The van der Waals surface area contributed by atoms with E-state index in [4.69, 9.17) is 55.9 Å². The molecule has 12 nitrogen and oxygen atoms in total. The monoisotopic (exact) mass is 774 g/mol. The zero-order valence-electron chi connectivity index (χ0n) is 35.4. The first-order valence-electron chi connectivity index (χ1n) is 17.5. The molecule has 0 aromatic heterocycles. The van der Waals surface area contributed by atoms with E-state index in [9.17, 15) is 0 Å². The van der Waals surface area contributed by atoms with E-state index in [1.54, 1.807) is 64.0 Å². The Kier molecular flexibility index (Phi) is 10.7. The Morgan fingerprint density at radius 1 is 0.314 bits per heavy atom. The Bertz CT molecular complexity index is 1440. The minimum Gasteiger partial charge on any atom is -0.383 e. The summed E-state index contributed by atoms with van der Waals surface area (Å²) in [6, 6.07) is 0. The van der Waals surface area contributed by atoms with E-state index in [2.05, 4.69) is 87.4 Å². The maximum absolute atomic E-state index is 7.38. The van der Waals surface area contributed by atoms with Gasteiger partial charge in [0.2, 0.25) is 17.4 Å². The zero-order valence-corrected chi connectivity index (χ0v) is 38.4. The molecule has 3 aliphatic carbocycles. The van der Waals surface area contributed by atoms with Crippen LogP contribution in [0.2, 0.25) is 55.9 Å². The predicted molar refractivity (Wildman–Crippen MR) is 201 cm³/mol. The summed E-state index contributed by atoms with van der Waals surface area (Å²) >= 11 is 0. The first kappa shape index (κ1) is 43.1. The van der Waals surface area contributed by atoms with Crippen molar-refractivity contribution >= 4 is 25.0 Å². The summed E-state index contributed by atoms with van der Waals surface area (Å²) in [5, 5.41) is -0.456. The van der Waals surface area contributed by atoms with Gasteiger partial charge in [-0.3, -0.25) is 0 Å². The van der Waals surface area contributed by atoms with Gasteiger partial charge in [-0.25, -0.2) is 0 Å². The zero-order chi connectivity index (χ0) is 39.4. The molecule has 0 N–H and O–H groups in total. The van der Waals surface area contributed by atoms with Crippen LogP contribution < -0.4 is 0 Å². The van der Waals surface area contributed by atoms with Gasteiger partial charge in [0.25, 0.3) is 17.4 Å². The molecule has 0 fully saturated rings. The highest BCUT2D eigenvalue weighted by Gasteiger charge is 2.86. The Hall–Kier alpha value is -0.609. The summed E-state index contributed by atoms with van der Waals surface area (Å²) in [6.45, 7) is 27.9. The third-order valence-electron chi connectivity index (χ3n) is 12.2. The SMILES string of the molecule is COC1(OC)c2c(c3c(c4c2C(OC)(O[Si](C)(C)C(C)(C)C)C4(OC)OC)C(OC)(O[Si](C)(C)C(C)(C)C)C3(OC)OC)C1(OC)O[Si](C)(C)C. The summed E-state index contributed by atoms with van der Waals surface area (Å²) in [5.41, 5.74) is 3.56. The molecule has 51 heavy (non-hydrogen) atoms. The summed E-state index contributed by atoms with van der Waals surface area (Å²) in [7, 11) is 6.43. The maximum Gasteiger partial charge on any atom is 0.255 e. The van der Waals surface area contributed by atoms with Gasteiger partial charge in [0.1, 0.15) is 0 Å². The van der Waals surface area contributed by atoms with Gasteiger partial charge in [0.05, 0.1) is 0 Å². The number of benzene rings is 1. The molecule has 0 radical (unpaired) electrons. The van der Waals surface area contributed by atoms with Crippen LogP contribution in [0.1, 0.15) is 74.9 Å². The highest BCUT2D eigenvalue weighted by Crippen LogP contribution is 2.78. The van der Waals surface area contributed by atoms with Crippen molar-refractivity contribution in [1.29, 1.82) is 0 Å². The lowest BCUT2D eigenvalue weighted by molar-refractivity contribution is -0.450.